The van der Waals surface area contributed by atoms with Gasteiger partial charge in [-0.25, -0.2) is 4.79 Å². The first-order valence-corrected chi connectivity index (χ1v) is 4.84. The van der Waals surface area contributed by atoms with Gasteiger partial charge in [-0.05, 0) is 6.42 Å². The lowest BCUT2D eigenvalue weighted by Gasteiger charge is -2.29. The molecule has 0 spiro atoms. The van der Waals surface area contributed by atoms with Gasteiger partial charge in [0.2, 0.25) is 11.8 Å². The fourth-order valence-corrected chi connectivity index (χ4v) is 1.46. The minimum atomic E-state index is -0.807. The number of carbonyl (C=O) groups is 3. The van der Waals surface area contributed by atoms with Crippen molar-refractivity contribution in [3.63, 3.8) is 0 Å². The summed E-state index contributed by atoms with van der Waals surface area (Å²) in [6, 6.07) is -0.739. The van der Waals surface area contributed by atoms with Crippen LogP contribution in [0.15, 0.2) is 11.6 Å². The fraction of sp³-hybridized carbons (Fsp3) is 0.444. The highest BCUT2D eigenvalue weighted by atomic mass is 35.5. The summed E-state index contributed by atoms with van der Waals surface area (Å²) in [6.07, 6.45) is 0.350. The van der Waals surface area contributed by atoms with Crippen LogP contribution in [0.5, 0.6) is 0 Å². The quantitative estimate of drug-likeness (QED) is 0.731. The number of barbiturate groups is 1. The van der Waals surface area contributed by atoms with E-state index in [4.69, 9.17) is 11.6 Å². The van der Waals surface area contributed by atoms with E-state index in [0.29, 0.717) is 6.42 Å². The Morgan fingerprint density at radius 2 is 2.13 bits per heavy atom. The second kappa shape index (κ2) is 4.44. The van der Waals surface area contributed by atoms with E-state index in [9.17, 15) is 14.4 Å². The Morgan fingerprint density at radius 3 is 2.60 bits per heavy atom. The van der Waals surface area contributed by atoms with Crippen molar-refractivity contribution < 1.29 is 14.4 Å². The van der Waals surface area contributed by atoms with Crippen molar-refractivity contribution in [3.05, 3.63) is 11.6 Å². The van der Waals surface area contributed by atoms with Gasteiger partial charge in [0.05, 0.1) is 6.54 Å². The molecular weight excluding hydrogens is 220 g/mol. The molecule has 15 heavy (non-hydrogen) atoms. The Morgan fingerprint density at radius 1 is 1.53 bits per heavy atom. The Hall–Kier alpha value is -1.36. The van der Waals surface area contributed by atoms with Gasteiger partial charge in [-0.15, -0.1) is 0 Å². The number of hydrogen-bond acceptors (Lipinski definition) is 3. The lowest BCUT2D eigenvalue weighted by Crippen LogP contribution is -2.57. The van der Waals surface area contributed by atoms with Crippen molar-refractivity contribution >= 4 is 29.4 Å². The van der Waals surface area contributed by atoms with Crippen molar-refractivity contribution in [2.24, 2.45) is 5.92 Å². The van der Waals surface area contributed by atoms with E-state index in [2.05, 4.69) is 11.9 Å². The Bertz CT molecular complexity index is 340. The predicted molar refractivity (Wildman–Crippen MR) is 54.0 cm³/mol. The van der Waals surface area contributed by atoms with Crippen LogP contribution < -0.4 is 5.32 Å². The van der Waals surface area contributed by atoms with Crippen molar-refractivity contribution in [2.75, 3.05) is 6.54 Å². The first-order valence-electron chi connectivity index (χ1n) is 4.46. The Kier molecular flexibility index (Phi) is 3.47. The maximum absolute atomic E-state index is 11.7. The molecule has 0 aromatic rings. The number of nitrogens with one attached hydrogen (secondary N) is 1. The number of amides is 4. The second-order valence-electron chi connectivity index (χ2n) is 3.20. The molecule has 6 heteroatoms. The zero-order valence-corrected chi connectivity index (χ0v) is 9.00. The van der Waals surface area contributed by atoms with Crippen molar-refractivity contribution in [1.82, 2.24) is 10.2 Å². The van der Waals surface area contributed by atoms with Crippen LogP contribution in [-0.2, 0) is 9.59 Å². The molecule has 0 radical (unpaired) electrons. The SMILES string of the molecule is C=C(Cl)CN1C(=O)NC(=O)C(CC)C1=O. The third-order valence-electron chi connectivity index (χ3n) is 2.09. The van der Waals surface area contributed by atoms with E-state index in [1.165, 1.54) is 0 Å². The summed E-state index contributed by atoms with van der Waals surface area (Å²) < 4.78 is 0. The van der Waals surface area contributed by atoms with Crippen LogP contribution in [-0.4, -0.2) is 29.3 Å². The summed E-state index contributed by atoms with van der Waals surface area (Å²) in [5, 5.41) is 2.26. The van der Waals surface area contributed by atoms with Gasteiger partial charge in [0, 0.05) is 5.03 Å². The number of urea groups is 1. The summed E-state index contributed by atoms with van der Waals surface area (Å²) in [5.41, 5.74) is 0. The van der Waals surface area contributed by atoms with E-state index in [-0.39, 0.29) is 11.6 Å². The van der Waals surface area contributed by atoms with Crippen molar-refractivity contribution in [2.45, 2.75) is 13.3 Å². The molecule has 1 heterocycles. The lowest BCUT2D eigenvalue weighted by atomic mass is 10.0. The molecule has 1 unspecified atom stereocenters. The third kappa shape index (κ3) is 2.36. The molecule has 1 N–H and O–H groups in total. The first-order chi connectivity index (χ1) is 6.97. The molecule has 0 bridgehead atoms. The van der Waals surface area contributed by atoms with Crippen LogP contribution in [0.4, 0.5) is 4.79 Å². The van der Waals surface area contributed by atoms with Crippen LogP contribution in [0.1, 0.15) is 13.3 Å². The number of nitrogens with zero attached hydrogens (tertiary/aromatic N) is 1. The Balaban J connectivity index is 2.87. The molecule has 1 saturated heterocycles. The zero-order valence-electron chi connectivity index (χ0n) is 8.25. The maximum Gasteiger partial charge on any atom is 0.331 e. The van der Waals surface area contributed by atoms with Gasteiger partial charge in [0.1, 0.15) is 5.92 Å². The third-order valence-corrected chi connectivity index (χ3v) is 2.21. The monoisotopic (exact) mass is 230 g/mol. The molecule has 82 valence electrons. The molecule has 0 aromatic heterocycles. The van der Waals surface area contributed by atoms with E-state index in [1.54, 1.807) is 6.92 Å². The second-order valence-corrected chi connectivity index (χ2v) is 3.73. The van der Waals surface area contributed by atoms with E-state index >= 15 is 0 Å². The van der Waals surface area contributed by atoms with Gasteiger partial charge >= 0.3 is 6.03 Å². The first kappa shape index (κ1) is 11.7. The number of halogens is 1. The van der Waals surface area contributed by atoms with E-state index in [0.717, 1.165) is 4.90 Å². The summed E-state index contributed by atoms with van der Waals surface area (Å²) in [7, 11) is 0. The summed E-state index contributed by atoms with van der Waals surface area (Å²) in [4.78, 5) is 35.1. The minimum Gasteiger partial charge on any atom is -0.277 e. The van der Waals surface area contributed by atoms with Gasteiger partial charge in [-0.2, -0.15) is 0 Å². The summed E-state index contributed by atoms with van der Waals surface area (Å²) >= 11 is 5.52. The highest BCUT2D eigenvalue weighted by molar-refractivity contribution is 6.30. The topological polar surface area (TPSA) is 66.5 Å². The number of rotatable bonds is 3. The highest BCUT2D eigenvalue weighted by Gasteiger charge is 2.39. The van der Waals surface area contributed by atoms with Gasteiger partial charge in [-0.3, -0.25) is 19.8 Å². The molecular formula is C9H11ClN2O3. The van der Waals surface area contributed by atoms with Crippen molar-refractivity contribution in [1.29, 1.82) is 0 Å². The highest BCUT2D eigenvalue weighted by Crippen LogP contribution is 2.15. The molecule has 1 rings (SSSR count). The number of carbonyl (C=O) groups excluding carboxylic acids is 3. The molecule has 1 atom stereocenters. The molecule has 1 aliphatic heterocycles. The number of imide groups is 2. The molecule has 0 aromatic carbocycles. The van der Waals surface area contributed by atoms with Crippen LogP contribution in [0, 0.1) is 5.92 Å². The van der Waals surface area contributed by atoms with Crippen LogP contribution in [0.3, 0.4) is 0 Å². The summed E-state index contributed by atoms with van der Waals surface area (Å²) in [6.45, 7) is 5.02. The molecule has 1 fully saturated rings. The average Bonchev–Trinajstić information content (AvgIpc) is 2.12. The van der Waals surface area contributed by atoms with Gasteiger partial charge in [0.15, 0.2) is 0 Å². The molecule has 5 nitrogen and oxygen atoms in total. The largest absolute Gasteiger partial charge is 0.331 e. The van der Waals surface area contributed by atoms with E-state index < -0.39 is 23.8 Å². The zero-order chi connectivity index (χ0) is 11.6. The standard InChI is InChI=1S/C9H11ClN2O3/c1-3-6-7(13)11-9(15)12(8(6)14)4-5(2)10/h6H,2-4H2,1H3,(H,11,13,15). The summed E-state index contributed by atoms with van der Waals surface area (Å²) in [5.74, 6) is -1.88. The minimum absolute atomic E-state index is 0.0734. The number of hydrogen-bond donors (Lipinski definition) is 1. The fourth-order valence-electron chi connectivity index (χ4n) is 1.34. The predicted octanol–water partition coefficient (Wildman–Crippen LogP) is 0.844. The molecule has 0 saturated carbocycles. The molecule has 4 amide bonds. The van der Waals surface area contributed by atoms with Gasteiger partial charge < -0.3 is 0 Å². The van der Waals surface area contributed by atoms with Crippen LogP contribution >= 0.6 is 11.6 Å². The maximum atomic E-state index is 11.7. The normalized spacial score (nSPS) is 21.6. The molecule has 1 aliphatic rings. The van der Waals surface area contributed by atoms with Crippen molar-refractivity contribution in [3.8, 4) is 0 Å². The lowest BCUT2D eigenvalue weighted by molar-refractivity contribution is -0.142. The van der Waals surface area contributed by atoms with E-state index in [1.807, 2.05) is 0 Å². The van der Waals surface area contributed by atoms with Gasteiger partial charge in [-0.1, -0.05) is 25.1 Å². The molecule has 0 aliphatic carbocycles. The van der Waals surface area contributed by atoms with Crippen LogP contribution in [0.2, 0.25) is 0 Å². The average molecular weight is 231 g/mol. The Labute approximate surface area is 92.1 Å². The van der Waals surface area contributed by atoms with Crippen LogP contribution in [0.25, 0.3) is 0 Å². The van der Waals surface area contributed by atoms with Gasteiger partial charge in [0.25, 0.3) is 0 Å². The smallest absolute Gasteiger partial charge is 0.277 e.